The van der Waals surface area contributed by atoms with Crippen molar-refractivity contribution in [2.45, 2.75) is 13.0 Å². The van der Waals surface area contributed by atoms with Crippen molar-refractivity contribution in [3.63, 3.8) is 0 Å². The van der Waals surface area contributed by atoms with Gasteiger partial charge >= 0.3 is 5.97 Å². The third kappa shape index (κ3) is 3.29. The van der Waals surface area contributed by atoms with Crippen LogP contribution < -0.4 is 4.74 Å². The molecule has 1 aliphatic heterocycles. The van der Waals surface area contributed by atoms with E-state index in [0.717, 1.165) is 24.4 Å². The van der Waals surface area contributed by atoms with Crippen molar-refractivity contribution in [1.82, 2.24) is 4.90 Å². The molecule has 0 saturated carbocycles. The molecule has 1 fully saturated rings. The molecule has 2 N–H and O–H groups in total. The largest absolute Gasteiger partial charge is 0.497 e. The Morgan fingerprint density at radius 1 is 1.50 bits per heavy atom. The van der Waals surface area contributed by atoms with Crippen LogP contribution in [0.25, 0.3) is 0 Å². The highest BCUT2D eigenvalue weighted by Gasteiger charge is 2.35. The Morgan fingerprint density at radius 3 is 2.80 bits per heavy atom. The maximum absolute atomic E-state index is 10.9. The second-order valence-corrected chi connectivity index (χ2v) is 5.40. The van der Waals surface area contributed by atoms with Crippen LogP contribution in [-0.4, -0.2) is 47.8 Å². The summed E-state index contributed by atoms with van der Waals surface area (Å²) >= 11 is 0. The van der Waals surface area contributed by atoms with E-state index in [1.165, 1.54) is 0 Å². The molecule has 0 radical (unpaired) electrons. The van der Waals surface area contributed by atoms with Crippen LogP contribution in [0.4, 0.5) is 0 Å². The fourth-order valence-corrected chi connectivity index (χ4v) is 2.48. The van der Waals surface area contributed by atoms with Crippen molar-refractivity contribution < 1.29 is 19.7 Å². The standard InChI is InChI=1S/C15H21NO4/c1-10(15(18)19)12-7-16(8-12)9-14(17)11-4-3-5-13(6-11)20-2/h3-6,10,12,14,17H,7-9H2,1-2H3,(H,18,19). The second kappa shape index (κ2) is 6.24. The van der Waals surface area contributed by atoms with Gasteiger partial charge in [-0.05, 0) is 23.6 Å². The molecule has 1 saturated heterocycles. The molecule has 5 nitrogen and oxygen atoms in total. The number of carboxylic acid groups (broad SMARTS) is 1. The number of rotatable bonds is 6. The summed E-state index contributed by atoms with van der Waals surface area (Å²) in [6.07, 6.45) is -0.578. The fourth-order valence-electron chi connectivity index (χ4n) is 2.48. The first kappa shape index (κ1) is 14.8. The molecule has 1 heterocycles. The van der Waals surface area contributed by atoms with E-state index in [2.05, 4.69) is 4.90 Å². The number of carbonyl (C=O) groups is 1. The molecule has 2 atom stereocenters. The number of β-amino-alcohol motifs (C(OH)–C–C–N with tert-alkyl or cyclic N) is 1. The third-order valence-corrected chi connectivity index (χ3v) is 3.99. The van der Waals surface area contributed by atoms with Crippen LogP contribution in [0.15, 0.2) is 24.3 Å². The zero-order valence-electron chi connectivity index (χ0n) is 11.8. The maximum Gasteiger partial charge on any atom is 0.306 e. The first-order valence-electron chi connectivity index (χ1n) is 6.78. The first-order chi connectivity index (χ1) is 9.51. The van der Waals surface area contributed by atoms with Gasteiger partial charge < -0.3 is 14.9 Å². The molecule has 0 aliphatic carbocycles. The lowest BCUT2D eigenvalue weighted by Crippen LogP contribution is -2.52. The lowest BCUT2D eigenvalue weighted by molar-refractivity contribution is -0.145. The van der Waals surface area contributed by atoms with E-state index in [0.29, 0.717) is 6.54 Å². The van der Waals surface area contributed by atoms with E-state index in [1.54, 1.807) is 14.0 Å². The highest BCUT2D eigenvalue weighted by atomic mass is 16.5. The van der Waals surface area contributed by atoms with Crippen LogP contribution in [0, 0.1) is 11.8 Å². The van der Waals surface area contributed by atoms with Crippen molar-refractivity contribution in [2.24, 2.45) is 11.8 Å². The van der Waals surface area contributed by atoms with E-state index < -0.39 is 12.1 Å². The third-order valence-electron chi connectivity index (χ3n) is 3.99. The fraction of sp³-hybridized carbons (Fsp3) is 0.533. The number of carboxylic acids is 1. The lowest BCUT2D eigenvalue weighted by Gasteiger charge is -2.42. The normalized spacial score (nSPS) is 19.1. The quantitative estimate of drug-likeness (QED) is 0.823. The number of aliphatic hydroxyl groups excluding tert-OH is 1. The number of methoxy groups -OCH3 is 1. The number of benzene rings is 1. The van der Waals surface area contributed by atoms with Crippen molar-refractivity contribution in [1.29, 1.82) is 0 Å². The molecule has 0 amide bonds. The van der Waals surface area contributed by atoms with Gasteiger partial charge in [-0.1, -0.05) is 19.1 Å². The number of hydrogen-bond acceptors (Lipinski definition) is 4. The summed E-state index contributed by atoms with van der Waals surface area (Å²) in [6.45, 7) is 3.72. The van der Waals surface area contributed by atoms with Gasteiger partial charge in [-0.3, -0.25) is 9.69 Å². The van der Waals surface area contributed by atoms with Gasteiger partial charge in [-0.15, -0.1) is 0 Å². The molecule has 1 aliphatic rings. The molecule has 0 aromatic heterocycles. The van der Waals surface area contributed by atoms with Crippen LogP contribution in [0.3, 0.4) is 0 Å². The van der Waals surface area contributed by atoms with E-state index in [-0.39, 0.29) is 11.8 Å². The predicted octanol–water partition coefficient (Wildman–Crippen LogP) is 1.38. The zero-order valence-corrected chi connectivity index (χ0v) is 11.8. The summed E-state index contributed by atoms with van der Waals surface area (Å²) in [5.41, 5.74) is 0.819. The molecule has 1 aromatic rings. The predicted molar refractivity (Wildman–Crippen MR) is 74.7 cm³/mol. The molecule has 5 heteroatoms. The zero-order chi connectivity index (χ0) is 14.7. The smallest absolute Gasteiger partial charge is 0.306 e. The minimum Gasteiger partial charge on any atom is -0.497 e. The van der Waals surface area contributed by atoms with E-state index >= 15 is 0 Å². The monoisotopic (exact) mass is 279 g/mol. The summed E-state index contributed by atoms with van der Waals surface area (Å²) in [5, 5.41) is 19.1. The Balaban J connectivity index is 1.84. The number of aliphatic carboxylic acids is 1. The molecule has 2 rings (SSSR count). The van der Waals surface area contributed by atoms with Crippen LogP contribution in [-0.2, 0) is 4.79 Å². The molecular formula is C15H21NO4. The Morgan fingerprint density at radius 2 is 2.20 bits per heavy atom. The summed E-state index contributed by atoms with van der Waals surface area (Å²) in [7, 11) is 1.60. The van der Waals surface area contributed by atoms with E-state index in [1.807, 2.05) is 24.3 Å². The molecule has 2 unspecified atom stereocenters. The minimum atomic E-state index is -0.747. The van der Waals surface area contributed by atoms with Crippen LogP contribution in [0.1, 0.15) is 18.6 Å². The van der Waals surface area contributed by atoms with E-state index in [4.69, 9.17) is 9.84 Å². The number of hydrogen-bond donors (Lipinski definition) is 2. The summed E-state index contributed by atoms with van der Waals surface area (Å²) < 4.78 is 5.14. The van der Waals surface area contributed by atoms with Crippen LogP contribution in [0.5, 0.6) is 5.75 Å². The van der Waals surface area contributed by atoms with Gasteiger partial charge in [-0.2, -0.15) is 0 Å². The average molecular weight is 279 g/mol. The Hall–Kier alpha value is -1.59. The molecule has 110 valence electrons. The van der Waals surface area contributed by atoms with Crippen molar-refractivity contribution >= 4 is 5.97 Å². The number of likely N-dealkylation sites (tertiary alicyclic amines) is 1. The molecule has 0 bridgehead atoms. The highest BCUT2D eigenvalue weighted by Crippen LogP contribution is 2.27. The van der Waals surface area contributed by atoms with Crippen molar-refractivity contribution in [3.05, 3.63) is 29.8 Å². The number of ether oxygens (including phenoxy) is 1. The Bertz CT molecular complexity index is 471. The molecular weight excluding hydrogens is 258 g/mol. The van der Waals surface area contributed by atoms with Crippen molar-refractivity contribution in [3.8, 4) is 5.75 Å². The number of nitrogens with zero attached hydrogens (tertiary/aromatic N) is 1. The van der Waals surface area contributed by atoms with Gasteiger partial charge in [0.05, 0.1) is 19.1 Å². The Labute approximate surface area is 118 Å². The minimum absolute atomic E-state index is 0.185. The summed E-state index contributed by atoms with van der Waals surface area (Å²) in [4.78, 5) is 13.0. The summed E-state index contributed by atoms with van der Waals surface area (Å²) in [5.74, 6) is -0.157. The van der Waals surface area contributed by atoms with Gasteiger partial charge in [0.1, 0.15) is 5.75 Å². The second-order valence-electron chi connectivity index (χ2n) is 5.40. The first-order valence-corrected chi connectivity index (χ1v) is 6.78. The Kier molecular flexibility index (Phi) is 4.62. The summed E-state index contributed by atoms with van der Waals surface area (Å²) in [6, 6.07) is 7.37. The van der Waals surface area contributed by atoms with Gasteiger partial charge in [0.2, 0.25) is 0 Å². The maximum atomic E-state index is 10.9. The average Bonchev–Trinajstić information content (AvgIpc) is 2.41. The van der Waals surface area contributed by atoms with Crippen LogP contribution >= 0.6 is 0 Å². The highest BCUT2D eigenvalue weighted by molar-refractivity contribution is 5.70. The van der Waals surface area contributed by atoms with Gasteiger partial charge in [-0.25, -0.2) is 0 Å². The SMILES string of the molecule is COc1cccc(C(O)CN2CC(C(C)C(=O)O)C2)c1. The van der Waals surface area contributed by atoms with E-state index in [9.17, 15) is 9.90 Å². The lowest BCUT2D eigenvalue weighted by atomic mass is 9.86. The molecule has 0 spiro atoms. The van der Waals surface area contributed by atoms with Crippen molar-refractivity contribution in [2.75, 3.05) is 26.7 Å². The molecule has 20 heavy (non-hydrogen) atoms. The van der Waals surface area contributed by atoms with Gasteiger partial charge in [0.15, 0.2) is 0 Å². The molecule has 1 aromatic carbocycles. The van der Waals surface area contributed by atoms with Crippen LogP contribution in [0.2, 0.25) is 0 Å². The number of aliphatic hydroxyl groups is 1. The van der Waals surface area contributed by atoms with Gasteiger partial charge in [0, 0.05) is 19.6 Å². The van der Waals surface area contributed by atoms with Gasteiger partial charge in [0.25, 0.3) is 0 Å². The topological polar surface area (TPSA) is 70.0 Å².